The predicted octanol–water partition coefficient (Wildman–Crippen LogP) is 5.63. The molecule has 1 aliphatic rings. The molecule has 1 aromatic carbocycles. The molecule has 0 saturated heterocycles. The lowest BCUT2D eigenvalue weighted by Gasteiger charge is -2.34. The number of ketones is 1. The number of Topliss-reactive ketones (excluding diaryl/α,β-unsaturated/α-hetero) is 1. The molecular weight excluding hydrogens is 324 g/mol. The molecule has 0 saturated carbocycles. The summed E-state index contributed by atoms with van der Waals surface area (Å²) < 4.78 is 10.9. The molecule has 0 aliphatic heterocycles. The van der Waals surface area contributed by atoms with E-state index in [1.54, 1.807) is 14.2 Å². The second-order valence-electron chi connectivity index (χ2n) is 7.50. The number of rotatable bonds is 5. The Balaban J connectivity index is 2.55. The van der Waals surface area contributed by atoms with Crippen LogP contribution in [0.5, 0.6) is 11.5 Å². The van der Waals surface area contributed by atoms with E-state index in [0.29, 0.717) is 36.0 Å². The van der Waals surface area contributed by atoms with Gasteiger partial charge in [-0.25, -0.2) is 0 Å². The molecule has 3 nitrogen and oxygen atoms in total. The normalized spacial score (nSPS) is 26.5. The molecule has 0 fully saturated rings. The fourth-order valence-corrected chi connectivity index (χ4v) is 3.90. The maximum Gasteiger partial charge on any atom is 0.161 e. The summed E-state index contributed by atoms with van der Waals surface area (Å²) in [6, 6.07) is 5.88. The monoisotopic (exact) mass is 356 g/mol. The molecule has 1 aliphatic carbocycles. The largest absolute Gasteiger partial charge is 0.493 e. The van der Waals surface area contributed by atoms with Crippen molar-refractivity contribution in [3.63, 3.8) is 0 Å². The van der Waals surface area contributed by atoms with Gasteiger partial charge in [-0.15, -0.1) is 6.58 Å². The molecule has 0 N–H and O–H groups in total. The van der Waals surface area contributed by atoms with Crippen LogP contribution >= 0.6 is 0 Å². The van der Waals surface area contributed by atoms with Crippen molar-refractivity contribution < 1.29 is 14.3 Å². The van der Waals surface area contributed by atoms with E-state index < -0.39 is 5.41 Å². The highest BCUT2D eigenvalue weighted by molar-refractivity contribution is 5.91. The molecule has 0 bridgehead atoms. The van der Waals surface area contributed by atoms with Gasteiger partial charge >= 0.3 is 0 Å². The summed E-state index contributed by atoms with van der Waals surface area (Å²) in [6.45, 7) is 8.29. The van der Waals surface area contributed by atoms with Gasteiger partial charge in [0.2, 0.25) is 0 Å². The first kappa shape index (κ1) is 20.3. The molecule has 0 radical (unpaired) electrons. The summed E-state index contributed by atoms with van der Waals surface area (Å²) >= 11 is 0. The summed E-state index contributed by atoms with van der Waals surface area (Å²) in [5.41, 5.74) is 1.81. The van der Waals surface area contributed by atoms with E-state index in [-0.39, 0.29) is 0 Å². The molecule has 1 aromatic rings. The summed E-state index contributed by atoms with van der Waals surface area (Å²) in [4.78, 5) is 13.5. The van der Waals surface area contributed by atoms with Crippen LogP contribution in [0.25, 0.3) is 0 Å². The van der Waals surface area contributed by atoms with Crippen LogP contribution in [0.4, 0.5) is 0 Å². The lowest BCUT2D eigenvalue weighted by molar-refractivity contribution is -0.125. The summed E-state index contributed by atoms with van der Waals surface area (Å²) in [5.74, 6) is 2.04. The van der Waals surface area contributed by atoms with E-state index >= 15 is 0 Å². The third kappa shape index (κ3) is 4.38. The van der Waals surface area contributed by atoms with E-state index in [1.165, 1.54) is 5.57 Å². The van der Waals surface area contributed by atoms with Gasteiger partial charge in [0, 0.05) is 6.42 Å². The third-order valence-corrected chi connectivity index (χ3v) is 5.59. The molecule has 0 heterocycles. The van der Waals surface area contributed by atoms with Crippen LogP contribution < -0.4 is 9.47 Å². The van der Waals surface area contributed by atoms with Crippen LogP contribution in [0.2, 0.25) is 0 Å². The van der Waals surface area contributed by atoms with Gasteiger partial charge in [-0.05, 0) is 62.6 Å². The van der Waals surface area contributed by atoms with Crippen LogP contribution in [-0.4, -0.2) is 20.0 Å². The van der Waals surface area contributed by atoms with Gasteiger partial charge in [-0.1, -0.05) is 30.7 Å². The topological polar surface area (TPSA) is 35.5 Å². The first-order valence-corrected chi connectivity index (χ1v) is 9.49. The molecule has 0 amide bonds. The number of carbonyl (C=O) groups excluding carboxylic acids is 1. The maximum atomic E-state index is 13.5. The van der Waals surface area contributed by atoms with Crippen molar-refractivity contribution in [3.05, 3.63) is 48.1 Å². The number of benzene rings is 1. The second kappa shape index (κ2) is 9.07. The Bertz CT molecular complexity index is 674. The predicted molar refractivity (Wildman–Crippen MR) is 107 cm³/mol. The Labute approximate surface area is 158 Å². The average molecular weight is 357 g/mol. The Morgan fingerprint density at radius 2 is 2.00 bits per heavy atom. The van der Waals surface area contributed by atoms with Crippen LogP contribution in [-0.2, 0) is 10.2 Å². The quantitative estimate of drug-likeness (QED) is 0.641. The molecule has 0 spiro atoms. The molecule has 0 unspecified atom stereocenters. The Morgan fingerprint density at radius 1 is 1.27 bits per heavy atom. The number of hydrogen-bond acceptors (Lipinski definition) is 3. The van der Waals surface area contributed by atoms with Crippen molar-refractivity contribution in [1.29, 1.82) is 0 Å². The van der Waals surface area contributed by atoms with Gasteiger partial charge in [0.05, 0.1) is 19.6 Å². The SMILES string of the molecule is C=CC[C@]1(c2ccc(OC)c(OC)c2)CC/C(C)=C/CC[C@H](C)CC1=O. The van der Waals surface area contributed by atoms with Gasteiger partial charge in [-0.2, -0.15) is 0 Å². The Hall–Kier alpha value is -2.03. The zero-order chi connectivity index (χ0) is 19.2. The Morgan fingerprint density at radius 3 is 2.65 bits per heavy atom. The van der Waals surface area contributed by atoms with Crippen molar-refractivity contribution in [2.45, 2.75) is 57.8 Å². The minimum Gasteiger partial charge on any atom is -0.493 e. The van der Waals surface area contributed by atoms with Gasteiger partial charge in [0.15, 0.2) is 11.5 Å². The molecule has 0 aromatic heterocycles. The minimum absolute atomic E-state index is 0.312. The number of carbonyl (C=O) groups is 1. The second-order valence-corrected chi connectivity index (χ2v) is 7.50. The zero-order valence-electron chi connectivity index (χ0n) is 16.6. The molecular formula is C23H32O3. The number of hydrogen-bond donors (Lipinski definition) is 0. The summed E-state index contributed by atoms with van der Waals surface area (Å²) in [6.07, 6.45) is 9.29. The van der Waals surface area contributed by atoms with Gasteiger partial charge in [-0.3, -0.25) is 4.79 Å². The molecule has 2 atom stereocenters. The van der Waals surface area contributed by atoms with E-state index in [2.05, 4.69) is 26.5 Å². The highest BCUT2D eigenvalue weighted by Crippen LogP contribution is 2.41. The van der Waals surface area contributed by atoms with Crippen LogP contribution in [0.3, 0.4) is 0 Å². The van der Waals surface area contributed by atoms with E-state index in [0.717, 1.165) is 31.2 Å². The molecule has 142 valence electrons. The fourth-order valence-electron chi connectivity index (χ4n) is 3.90. The smallest absolute Gasteiger partial charge is 0.161 e. The standard InChI is InChI=1S/C23H32O3/c1-6-13-23(19-10-11-20(25-4)21(16-19)26-5)14-12-17(2)8-7-9-18(3)15-22(23)24/h6,8,10-11,16,18H,1,7,9,12-15H2,2-5H3/b17-8+/t18-,23+/m0/s1. The van der Waals surface area contributed by atoms with Crippen molar-refractivity contribution in [1.82, 2.24) is 0 Å². The van der Waals surface area contributed by atoms with Crippen LogP contribution in [0.1, 0.15) is 57.9 Å². The third-order valence-electron chi connectivity index (χ3n) is 5.59. The molecule has 3 heteroatoms. The number of allylic oxidation sites excluding steroid dienone is 3. The highest BCUT2D eigenvalue weighted by Gasteiger charge is 2.39. The summed E-state index contributed by atoms with van der Waals surface area (Å²) in [5, 5.41) is 0. The zero-order valence-corrected chi connectivity index (χ0v) is 16.6. The van der Waals surface area contributed by atoms with Crippen LogP contribution in [0, 0.1) is 5.92 Å². The van der Waals surface area contributed by atoms with Crippen molar-refractivity contribution >= 4 is 5.78 Å². The first-order valence-electron chi connectivity index (χ1n) is 9.49. The van der Waals surface area contributed by atoms with Gasteiger partial charge in [0.1, 0.15) is 5.78 Å². The lowest BCUT2D eigenvalue weighted by Crippen LogP contribution is -2.37. The van der Waals surface area contributed by atoms with Crippen molar-refractivity contribution in [3.8, 4) is 11.5 Å². The summed E-state index contributed by atoms with van der Waals surface area (Å²) in [7, 11) is 3.26. The fraction of sp³-hybridized carbons (Fsp3) is 0.522. The molecule has 26 heavy (non-hydrogen) atoms. The van der Waals surface area contributed by atoms with E-state index in [9.17, 15) is 4.79 Å². The minimum atomic E-state index is -0.554. The average Bonchev–Trinajstić information content (AvgIpc) is 2.63. The van der Waals surface area contributed by atoms with Crippen molar-refractivity contribution in [2.75, 3.05) is 14.2 Å². The number of methoxy groups -OCH3 is 2. The lowest BCUT2D eigenvalue weighted by atomic mass is 9.68. The van der Waals surface area contributed by atoms with Crippen LogP contribution in [0.15, 0.2) is 42.5 Å². The number of ether oxygens (including phenoxy) is 2. The highest BCUT2D eigenvalue weighted by atomic mass is 16.5. The van der Waals surface area contributed by atoms with E-state index in [4.69, 9.17) is 9.47 Å². The van der Waals surface area contributed by atoms with Crippen molar-refractivity contribution in [2.24, 2.45) is 5.92 Å². The molecule has 2 rings (SSSR count). The maximum absolute atomic E-state index is 13.5. The van der Waals surface area contributed by atoms with E-state index in [1.807, 2.05) is 24.3 Å². The first-order chi connectivity index (χ1) is 12.5. The van der Waals surface area contributed by atoms with Gasteiger partial charge < -0.3 is 9.47 Å². The van der Waals surface area contributed by atoms with Gasteiger partial charge in [0.25, 0.3) is 0 Å². The Kier molecular flexibility index (Phi) is 7.07.